The van der Waals surface area contributed by atoms with E-state index in [9.17, 15) is 22.4 Å². The molecule has 0 spiro atoms. The smallest absolute Gasteiger partial charge is 0.416 e. The third-order valence-electron chi connectivity index (χ3n) is 6.08. The fourth-order valence-electron chi connectivity index (χ4n) is 4.28. The minimum absolute atomic E-state index is 0.156. The Hall–Kier alpha value is -4.07. The Balaban J connectivity index is 1.61. The number of nitrogens with one attached hydrogen (secondary N) is 1. The molecule has 4 rings (SSSR count). The number of aryl methyl sites for hydroxylation is 1. The van der Waals surface area contributed by atoms with E-state index in [1.807, 2.05) is 29.8 Å². The van der Waals surface area contributed by atoms with Crippen LogP contribution >= 0.6 is 0 Å². The standard InChI is InChI=1S/C29H26F4N2O2/c1-19-17-35(18-21-6-10-24(30)11-7-21)27(26(19)22-8-12-25(37-2)13-9-22)28(36)34-15-14-20-4-3-5-23(16-20)29(31,32)33/h3-13,16-17H,14-15,18H2,1-2H3,(H,34,36). The molecule has 0 aliphatic heterocycles. The molecule has 4 aromatic rings. The number of hydrogen-bond donors (Lipinski definition) is 1. The molecule has 1 aromatic heterocycles. The largest absolute Gasteiger partial charge is 0.497 e. The van der Waals surface area contributed by atoms with Gasteiger partial charge in [-0.05, 0) is 65.9 Å². The van der Waals surface area contributed by atoms with Gasteiger partial charge in [0, 0.05) is 24.8 Å². The van der Waals surface area contributed by atoms with E-state index >= 15 is 0 Å². The molecule has 37 heavy (non-hydrogen) atoms. The van der Waals surface area contributed by atoms with E-state index in [1.165, 1.54) is 18.2 Å². The molecule has 1 N–H and O–H groups in total. The lowest BCUT2D eigenvalue weighted by atomic mass is 10.0. The number of rotatable bonds is 8. The SMILES string of the molecule is COc1ccc(-c2c(C)cn(Cc3ccc(F)cc3)c2C(=O)NCCc2cccc(C(F)(F)F)c2)cc1. The zero-order valence-corrected chi connectivity index (χ0v) is 20.4. The first-order valence-corrected chi connectivity index (χ1v) is 11.7. The molecule has 1 heterocycles. The highest BCUT2D eigenvalue weighted by Gasteiger charge is 2.30. The Morgan fingerprint density at radius 1 is 0.973 bits per heavy atom. The van der Waals surface area contributed by atoms with Gasteiger partial charge < -0.3 is 14.6 Å². The fraction of sp³-hybridized carbons (Fsp3) is 0.207. The van der Waals surface area contributed by atoms with Crippen molar-refractivity contribution < 1.29 is 27.1 Å². The number of nitrogens with zero attached hydrogens (tertiary/aromatic N) is 1. The summed E-state index contributed by atoms with van der Waals surface area (Å²) in [7, 11) is 1.57. The van der Waals surface area contributed by atoms with Gasteiger partial charge in [0.05, 0.1) is 12.7 Å². The van der Waals surface area contributed by atoms with Crippen LogP contribution in [0.5, 0.6) is 5.75 Å². The average Bonchev–Trinajstić information content (AvgIpc) is 3.20. The van der Waals surface area contributed by atoms with Gasteiger partial charge in [0.2, 0.25) is 0 Å². The number of aromatic nitrogens is 1. The molecule has 0 bridgehead atoms. The number of carbonyl (C=O) groups is 1. The molecule has 8 heteroatoms. The maximum absolute atomic E-state index is 13.5. The van der Waals surface area contributed by atoms with Crippen molar-refractivity contribution in [3.8, 4) is 16.9 Å². The van der Waals surface area contributed by atoms with E-state index in [0.717, 1.165) is 34.4 Å². The minimum atomic E-state index is -4.43. The van der Waals surface area contributed by atoms with Crippen molar-refractivity contribution in [2.45, 2.75) is 26.1 Å². The van der Waals surface area contributed by atoms with Gasteiger partial charge in [0.1, 0.15) is 17.3 Å². The van der Waals surface area contributed by atoms with Crippen molar-refractivity contribution >= 4 is 5.91 Å². The number of amides is 1. The highest BCUT2D eigenvalue weighted by atomic mass is 19.4. The number of methoxy groups -OCH3 is 1. The van der Waals surface area contributed by atoms with Crippen LogP contribution in [0.3, 0.4) is 0 Å². The van der Waals surface area contributed by atoms with Crippen LogP contribution in [-0.4, -0.2) is 24.1 Å². The molecule has 0 aliphatic carbocycles. The predicted molar refractivity (Wildman–Crippen MR) is 134 cm³/mol. The quantitative estimate of drug-likeness (QED) is 0.270. The average molecular weight is 511 g/mol. The van der Waals surface area contributed by atoms with Crippen LogP contribution in [0.4, 0.5) is 17.6 Å². The Morgan fingerprint density at radius 2 is 1.68 bits per heavy atom. The molecule has 0 aliphatic rings. The zero-order chi connectivity index (χ0) is 26.6. The lowest BCUT2D eigenvalue weighted by molar-refractivity contribution is -0.137. The summed E-state index contributed by atoms with van der Waals surface area (Å²) in [6, 6.07) is 18.5. The van der Waals surface area contributed by atoms with Crippen LogP contribution in [0.25, 0.3) is 11.1 Å². The number of halogens is 4. The lowest BCUT2D eigenvalue weighted by Crippen LogP contribution is -2.28. The third kappa shape index (κ3) is 6.20. The van der Waals surface area contributed by atoms with Crippen LogP contribution in [0.2, 0.25) is 0 Å². The van der Waals surface area contributed by atoms with Gasteiger partial charge in [-0.1, -0.05) is 42.5 Å². The summed E-state index contributed by atoms with van der Waals surface area (Å²) in [4.78, 5) is 13.5. The maximum atomic E-state index is 13.5. The van der Waals surface area contributed by atoms with Crippen LogP contribution in [0, 0.1) is 12.7 Å². The van der Waals surface area contributed by atoms with Gasteiger partial charge in [-0.3, -0.25) is 4.79 Å². The highest BCUT2D eigenvalue weighted by Crippen LogP contribution is 2.32. The van der Waals surface area contributed by atoms with Gasteiger partial charge in [-0.15, -0.1) is 0 Å². The van der Waals surface area contributed by atoms with Crippen LogP contribution in [0.1, 0.15) is 32.7 Å². The second kappa shape index (κ2) is 10.9. The number of alkyl halides is 3. The van der Waals surface area contributed by atoms with Gasteiger partial charge in [-0.25, -0.2) is 4.39 Å². The van der Waals surface area contributed by atoms with Crippen molar-refractivity contribution in [3.05, 3.63) is 113 Å². The molecule has 4 nitrogen and oxygen atoms in total. The second-order valence-corrected chi connectivity index (χ2v) is 8.72. The van der Waals surface area contributed by atoms with E-state index < -0.39 is 11.7 Å². The van der Waals surface area contributed by atoms with Gasteiger partial charge in [0.15, 0.2) is 0 Å². The first kappa shape index (κ1) is 26.0. The Bertz CT molecular complexity index is 1370. The van der Waals surface area contributed by atoms with Crippen LogP contribution < -0.4 is 10.1 Å². The molecule has 0 atom stereocenters. The van der Waals surface area contributed by atoms with Crippen molar-refractivity contribution in [2.75, 3.05) is 13.7 Å². The van der Waals surface area contributed by atoms with E-state index in [1.54, 1.807) is 37.4 Å². The second-order valence-electron chi connectivity index (χ2n) is 8.72. The summed E-state index contributed by atoms with van der Waals surface area (Å²) in [5.41, 5.74) is 3.41. The van der Waals surface area contributed by atoms with E-state index in [2.05, 4.69) is 5.32 Å². The molecule has 192 valence electrons. The number of benzene rings is 3. The molecule has 1 amide bonds. The summed E-state index contributed by atoms with van der Waals surface area (Å²) in [5, 5.41) is 2.86. The molecular formula is C29H26F4N2O2. The fourth-order valence-corrected chi connectivity index (χ4v) is 4.28. The molecular weight excluding hydrogens is 484 g/mol. The van der Waals surface area contributed by atoms with Gasteiger partial charge in [-0.2, -0.15) is 13.2 Å². The first-order chi connectivity index (χ1) is 17.7. The Labute approximate surface area is 212 Å². The van der Waals surface area contributed by atoms with Crippen molar-refractivity contribution in [1.29, 1.82) is 0 Å². The maximum Gasteiger partial charge on any atom is 0.416 e. The summed E-state index contributed by atoms with van der Waals surface area (Å²) in [5.74, 6) is -0.0221. The van der Waals surface area contributed by atoms with E-state index in [0.29, 0.717) is 23.6 Å². The van der Waals surface area contributed by atoms with Crippen molar-refractivity contribution in [3.63, 3.8) is 0 Å². The van der Waals surface area contributed by atoms with Gasteiger partial charge in [0.25, 0.3) is 5.91 Å². The molecule has 0 unspecified atom stereocenters. The number of carbonyl (C=O) groups excluding carboxylic acids is 1. The normalized spacial score (nSPS) is 11.4. The predicted octanol–water partition coefficient (Wildman–Crippen LogP) is 6.65. The summed E-state index contributed by atoms with van der Waals surface area (Å²) in [6.45, 7) is 2.40. The Kier molecular flexibility index (Phi) is 7.66. The summed E-state index contributed by atoms with van der Waals surface area (Å²) >= 11 is 0. The molecule has 0 saturated heterocycles. The Morgan fingerprint density at radius 3 is 2.32 bits per heavy atom. The molecule has 0 fully saturated rings. The van der Waals surface area contributed by atoms with Crippen LogP contribution in [-0.2, 0) is 19.1 Å². The minimum Gasteiger partial charge on any atom is -0.497 e. The summed E-state index contributed by atoms with van der Waals surface area (Å²) in [6.07, 6.45) is -2.32. The van der Waals surface area contributed by atoms with E-state index in [-0.39, 0.29) is 24.7 Å². The molecule has 3 aromatic carbocycles. The molecule has 0 saturated carbocycles. The van der Waals surface area contributed by atoms with E-state index in [4.69, 9.17) is 4.74 Å². The number of hydrogen-bond acceptors (Lipinski definition) is 2. The zero-order valence-electron chi connectivity index (χ0n) is 20.4. The third-order valence-corrected chi connectivity index (χ3v) is 6.08. The molecule has 0 radical (unpaired) electrons. The monoisotopic (exact) mass is 510 g/mol. The van der Waals surface area contributed by atoms with Gasteiger partial charge >= 0.3 is 6.18 Å². The number of ether oxygens (including phenoxy) is 1. The van der Waals surface area contributed by atoms with Crippen LogP contribution in [0.15, 0.2) is 79.0 Å². The highest BCUT2D eigenvalue weighted by molar-refractivity contribution is 6.00. The lowest BCUT2D eigenvalue weighted by Gasteiger charge is -2.14. The van der Waals surface area contributed by atoms with Crippen molar-refractivity contribution in [2.24, 2.45) is 0 Å². The van der Waals surface area contributed by atoms with Crippen molar-refractivity contribution in [1.82, 2.24) is 9.88 Å². The topological polar surface area (TPSA) is 43.3 Å². The summed E-state index contributed by atoms with van der Waals surface area (Å²) < 4.78 is 59.6. The first-order valence-electron chi connectivity index (χ1n) is 11.7.